The van der Waals surface area contributed by atoms with E-state index < -0.39 is 0 Å². The number of aryl methyl sites for hydroxylation is 1. The minimum atomic E-state index is 0.0122. The summed E-state index contributed by atoms with van der Waals surface area (Å²) in [5, 5.41) is 4.26. The zero-order valence-corrected chi connectivity index (χ0v) is 14.8. The molecule has 0 aliphatic carbocycles. The summed E-state index contributed by atoms with van der Waals surface area (Å²) in [6.45, 7) is 6.43. The van der Waals surface area contributed by atoms with E-state index in [0.29, 0.717) is 5.92 Å². The number of carbonyl (C=O) groups excluding carboxylic acids is 1. The van der Waals surface area contributed by atoms with Gasteiger partial charge in [0.2, 0.25) is 0 Å². The molecule has 1 aromatic heterocycles. The van der Waals surface area contributed by atoms with Crippen molar-refractivity contribution >= 4 is 22.6 Å². The third-order valence-electron chi connectivity index (χ3n) is 5.33. The molecule has 2 aliphatic rings. The number of ether oxygens (including phenoxy) is 1. The van der Waals surface area contributed by atoms with Crippen molar-refractivity contribution in [1.29, 1.82) is 0 Å². The monoisotopic (exact) mass is 342 g/mol. The number of anilines is 1. The lowest BCUT2D eigenvalue weighted by Gasteiger charge is -2.29. The maximum absolute atomic E-state index is 12.7. The standard InChI is InChI=1S/C19H26N4O2/c1-21-7-6-16-3-2-4-17(18(16)21)20-19(24)23-8-5-15(14-23)13-22-9-11-25-12-10-22/h2-4,6-7,15H,5,8-14H2,1H3,(H,20,24)/t15-/m1/s1. The number of nitrogens with one attached hydrogen (secondary N) is 1. The summed E-state index contributed by atoms with van der Waals surface area (Å²) in [5.41, 5.74) is 1.95. The van der Waals surface area contributed by atoms with Crippen LogP contribution in [0.5, 0.6) is 0 Å². The molecule has 4 rings (SSSR count). The van der Waals surface area contributed by atoms with Crippen LogP contribution in [-0.2, 0) is 11.8 Å². The molecule has 1 N–H and O–H groups in total. The molecule has 1 aromatic carbocycles. The molecule has 6 nitrogen and oxygen atoms in total. The SMILES string of the molecule is Cn1ccc2cccc(NC(=O)N3CC[C@H](CN4CCOCC4)C3)c21. The van der Waals surface area contributed by atoms with Gasteiger partial charge in [0.05, 0.1) is 24.4 Å². The molecule has 134 valence electrons. The minimum Gasteiger partial charge on any atom is -0.379 e. The highest BCUT2D eigenvalue weighted by molar-refractivity contribution is 6.00. The quantitative estimate of drug-likeness (QED) is 0.932. The van der Waals surface area contributed by atoms with E-state index in [-0.39, 0.29) is 6.03 Å². The second-order valence-corrected chi connectivity index (χ2v) is 7.11. The number of likely N-dealkylation sites (tertiary alicyclic amines) is 1. The molecule has 0 spiro atoms. The van der Waals surface area contributed by atoms with Crippen LogP contribution in [0.2, 0.25) is 0 Å². The fourth-order valence-corrected chi connectivity index (χ4v) is 3.97. The first kappa shape index (κ1) is 16.4. The molecule has 25 heavy (non-hydrogen) atoms. The smallest absolute Gasteiger partial charge is 0.321 e. The molecular weight excluding hydrogens is 316 g/mol. The zero-order valence-electron chi connectivity index (χ0n) is 14.8. The van der Waals surface area contributed by atoms with Gasteiger partial charge >= 0.3 is 6.03 Å². The number of fused-ring (bicyclic) bond motifs is 1. The maximum atomic E-state index is 12.7. The first-order valence-electron chi connectivity index (χ1n) is 9.11. The van der Waals surface area contributed by atoms with Crippen molar-refractivity contribution in [3.8, 4) is 0 Å². The van der Waals surface area contributed by atoms with E-state index >= 15 is 0 Å². The van der Waals surface area contributed by atoms with E-state index in [4.69, 9.17) is 4.74 Å². The second-order valence-electron chi connectivity index (χ2n) is 7.11. The summed E-state index contributed by atoms with van der Waals surface area (Å²) < 4.78 is 7.46. The van der Waals surface area contributed by atoms with Crippen LogP contribution in [0.15, 0.2) is 30.5 Å². The van der Waals surface area contributed by atoms with Crippen molar-refractivity contribution in [3.63, 3.8) is 0 Å². The van der Waals surface area contributed by atoms with E-state index in [2.05, 4.69) is 26.9 Å². The minimum absolute atomic E-state index is 0.0122. The van der Waals surface area contributed by atoms with Crippen molar-refractivity contribution in [2.45, 2.75) is 6.42 Å². The van der Waals surface area contributed by atoms with Gasteiger partial charge < -0.3 is 19.5 Å². The van der Waals surface area contributed by atoms with E-state index in [1.54, 1.807) is 0 Å². The highest BCUT2D eigenvalue weighted by Gasteiger charge is 2.28. The van der Waals surface area contributed by atoms with Crippen LogP contribution in [0.4, 0.5) is 10.5 Å². The Morgan fingerprint density at radius 3 is 2.92 bits per heavy atom. The fourth-order valence-electron chi connectivity index (χ4n) is 3.97. The number of morpholine rings is 1. The average Bonchev–Trinajstić information content (AvgIpc) is 3.24. The molecule has 2 amide bonds. The van der Waals surface area contributed by atoms with E-state index in [1.807, 2.05) is 30.3 Å². The number of urea groups is 1. The number of aromatic nitrogens is 1. The number of rotatable bonds is 3. The van der Waals surface area contributed by atoms with Gasteiger partial charge in [-0.25, -0.2) is 4.79 Å². The topological polar surface area (TPSA) is 49.7 Å². The molecule has 2 aliphatic heterocycles. The van der Waals surface area contributed by atoms with Crippen molar-refractivity contribution < 1.29 is 9.53 Å². The van der Waals surface area contributed by atoms with Crippen LogP contribution < -0.4 is 5.32 Å². The molecule has 6 heteroatoms. The van der Waals surface area contributed by atoms with Crippen LogP contribution in [0.25, 0.3) is 10.9 Å². The summed E-state index contributed by atoms with van der Waals surface area (Å²) in [4.78, 5) is 17.1. The number of nitrogens with zero attached hydrogens (tertiary/aromatic N) is 3. The summed E-state index contributed by atoms with van der Waals surface area (Å²) >= 11 is 0. The van der Waals surface area contributed by atoms with E-state index in [9.17, 15) is 4.79 Å². The van der Waals surface area contributed by atoms with Gasteiger partial charge in [0.1, 0.15) is 0 Å². The van der Waals surface area contributed by atoms with Crippen LogP contribution in [0.3, 0.4) is 0 Å². The van der Waals surface area contributed by atoms with Gasteiger partial charge in [-0.15, -0.1) is 0 Å². The van der Waals surface area contributed by atoms with Crippen molar-refractivity contribution in [1.82, 2.24) is 14.4 Å². The Bertz CT molecular complexity index is 751. The number of carbonyl (C=O) groups is 1. The fraction of sp³-hybridized carbons (Fsp3) is 0.526. The Kier molecular flexibility index (Phi) is 4.63. The molecule has 3 heterocycles. The summed E-state index contributed by atoms with van der Waals surface area (Å²) in [5.74, 6) is 0.565. The lowest BCUT2D eigenvalue weighted by atomic mass is 10.1. The highest BCUT2D eigenvalue weighted by Crippen LogP contribution is 2.25. The maximum Gasteiger partial charge on any atom is 0.321 e. The molecule has 2 fully saturated rings. The molecule has 2 aromatic rings. The van der Waals surface area contributed by atoms with Crippen molar-refractivity contribution in [2.24, 2.45) is 13.0 Å². The average molecular weight is 342 g/mol. The highest BCUT2D eigenvalue weighted by atomic mass is 16.5. The molecule has 0 unspecified atom stereocenters. The first-order valence-corrected chi connectivity index (χ1v) is 9.11. The van der Waals surface area contributed by atoms with Crippen LogP contribution >= 0.6 is 0 Å². The summed E-state index contributed by atoms with van der Waals surface area (Å²) in [6.07, 6.45) is 3.10. The molecular formula is C19H26N4O2. The van der Waals surface area contributed by atoms with Gasteiger partial charge in [0.15, 0.2) is 0 Å². The largest absolute Gasteiger partial charge is 0.379 e. The van der Waals surface area contributed by atoms with Gasteiger partial charge in [-0.05, 0) is 24.5 Å². The van der Waals surface area contributed by atoms with E-state index in [0.717, 1.165) is 68.9 Å². The van der Waals surface area contributed by atoms with Crippen molar-refractivity contribution in [3.05, 3.63) is 30.5 Å². The predicted molar refractivity (Wildman–Crippen MR) is 98.9 cm³/mol. The summed E-state index contributed by atoms with van der Waals surface area (Å²) in [6, 6.07) is 8.11. The van der Waals surface area contributed by atoms with Crippen LogP contribution in [0, 0.1) is 5.92 Å². The molecule has 0 bridgehead atoms. The molecule has 0 saturated carbocycles. The number of benzene rings is 1. The van der Waals surface area contributed by atoms with Gasteiger partial charge in [0, 0.05) is 51.4 Å². The number of para-hydroxylation sites is 1. The lowest BCUT2D eigenvalue weighted by Crippen LogP contribution is -2.40. The number of hydrogen-bond donors (Lipinski definition) is 1. The normalized spacial score (nSPS) is 21.8. The Balaban J connectivity index is 1.37. The van der Waals surface area contributed by atoms with Crippen LogP contribution in [0.1, 0.15) is 6.42 Å². The lowest BCUT2D eigenvalue weighted by molar-refractivity contribution is 0.0314. The van der Waals surface area contributed by atoms with Gasteiger partial charge in [-0.2, -0.15) is 0 Å². The first-order chi connectivity index (χ1) is 12.2. The molecule has 0 radical (unpaired) electrons. The van der Waals surface area contributed by atoms with Crippen LogP contribution in [-0.4, -0.2) is 66.3 Å². The van der Waals surface area contributed by atoms with Crippen molar-refractivity contribution in [2.75, 3.05) is 51.3 Å². The van der Waals surface area contributed by atoms with Gasteiger partial charge in [0.25, 0.3) is 0 Å². The van der Waals surface area contributed by atoms with Gasteiger partial charge in [-0.3, -0.25) is 4.90 Å². The number of amides is 2. The third-order valence-corrected chi connectivity index (χ3v) is 5.33. The third kappa shape index (κ3) is 3.50. The Hall–Kier alpha value is -2.05. The number of hydrogen-bond acceptors (Lipinski definition) is 3. The summed E-state index contributed by atoms with van der Waals surface area (Å²) in [7, 11) is 2.01. The Labute approximate surface area is 148 Å². The molecule has 1 atom stereocenters. The predicted octanol–water partition coefficient (Wildman–Crippen LogP) is 2.36. The van der Waals surface area contributed by atoms with Gasteiger partial charge in [-0.1, -0.05) is 12.1 Å². The Morgan fingerprint density at radius 2 is 2.08 bits per heavy atom. The molecule has 2 saturated heterocycles. The zero-order chi connectivity index (χ0) is 17.2. The Morgan fingerprint density at radius 1 is 1.24 bits per heavy atom. The van der Waals surface area contributed by atoms with E-state index in [1.165, 1.54) is 0 Å². The second kappa shape index (κ2) is 7.06.